The fourth-order valence-corrected chi connectivity index (χ4v) is 7.86. The zero-order valence-corrected chi connectivity index (χ0v) is 41.0. The van der Waals surface area contributed by atoms with Crippen LogP contribution in [-0.4, -0.2) is 170 Å². The third kappa shape index (κ3) is 13.4. The van der Waals surface area contributed by atoms with Crippen LogP contribution in [0.2, 0.25) is 20.1 Å². The Morgan fingerprint density at radius 3 is 1.37 bits per heavy atom. The standard InChI is InChI=1S/2C22H25Cl2NO10/c1-30-14-6-11(21(29)35-19-16(27)15(8-26)34-22(32-3)17(19)28)5-12(23)18(14)33-9-10-4-13(24)20(31-2)25-7-10;1-30-14-6-11(21(29)35-19-17(28)16(27)15(8-26)34-22(19)32-3)5-12(23)18(14)33-9-10-4-13(24)20(31-2)25-7-10/h2*4-7,15-17,19,22,26-28H,8-9H2,1-3H3/t15-,16-,17-,19+,22+;15-,16-,17+,19-,22+/m11/s1. The van der Waals surface area contributed by atoms with Crippen molar-refractivity contribution in [2.75, 3.05) is 55.9 Å². The number of aromatic nitrogens is 2. The molecule has 0 unspecified atom stereocenters. The summed E-state index contributed by atoms with van der Waals surface area (Å²) in [4.78, 5) is 33.8. The Morgan fingerprint density at radius 2 is 0.971 bits per heavy atom. The fraction of sp³-hybridized carbons (Fsp3) is 0.455. The molecule has 2 fully saturated rings. The number of ether oxygens (including phenoxy) is 12. The molecule has 0 amide bonds. The van der Waals surface area contributed by atoms with Gasteiger partial charge < -0.3 is 87.5 Å². The molecule has 6 rings (SSSR count). The summed E-state index contributed by atoms with van der Waals surface area (Å²) in [5.74, 6) is -0.674. The molecule has 10 atom stereocenters. The molecule has 4 heterocycles. The lowest BCUT2D eigenvalue weighted by Crippen LogP contribution is -2.60. The lowest BCUT2D eigenvalue weighted by Gasteiger charge is -2.40. The number of esters is 2. The molecule has 0 saturated carbocycles. The van der Waals surface area contributed by atoms with E-state index < -0.39 is 86.6 Å². The van der Waals surface area contributed by atoms with Crippen molar-refractivity contribution >= 4 is 58.3 Å². The number of carbonyl (C=O) groups excluding carboxylic acids is 2. The lowest BCUT2D eigenvalue weighted by atomic mass is 9.99. The van der Waals surface area contributed by atoms with Crippen molar-refractivity contribution in [1.82, 2.24) is 9.97 Å². The summed E-state index contributed by atoms with van der Waals surface area (Å²) in [6, 6.07) is 8.50. The van der Waals surface area contributed by atoms with Crippen molar-refractivity contribution in [1.29, 1.82) is 0 Å². The van der Waals surface area contributed by atoms with Crippen molar-refractivity contribution in [3.05, 3.63) is 91.1 Å². The molecule has 2 aliphatic rings. The molecular formula is C44H50Cl4N2O20. The number of carbonyl (C=O) groups is 2. The molecule has 6 N–H and O–H groups in total. The summed E-state index contributed by atoms with van der Waals surface area (Å²) in [7, 11) is 8.16. The van der Waals surface area contributed by atoms with Gasteiger partial charge in [-0.3, -0.25) is 0 Å². The van der Waals surface area contributed by atoms with Gasteiger partial charge in [0.05, 0.1) is 62.8 Å². The average molecular weight is 1070 g/mol. The van der Waals surface area contributed by atoms with Gasteiger partial charge >= 0.3 is 11.9 Å². The molecule has 26 heteroatoms. The second-order valence-electron chi connectivity index (χ2n) is 14.9. The van der Waals surface area contributed by atoms with E-state index in [0.29, 0.717) is 21.2 Å². The smallest absolute Gasteiger partial charge is 0.338 e. The number of nitrogens with zero attached hydrogens (tertiary/aromatic N) is 2. The van der Waals surface area contributed by atoms with Crippen LogP contribution >= 0.6 is 46.4 Å². The minimum Gasteiger partial charge on any atom is -0.493 e. The summed E-state index contributed by atoms with van der Waals surface area (Å²) in [5.41, 5.74) is 1.21. The SMILES string of the molecule is COc1cc(C(=O)O[C@@H]2[C@@H](O)[C@@H](OC)O[C@H](CO)[C@H]2O)cc(Cl)c1OCc1cnc(OC)c(Cl)c1.COc1cc(C(=O)O[C@H]2[C@@H](OC)O[C@H](CO)[C@@H](O)[C@@H]2O)cc(Cl)c1OCc1cnc(OC)c(Cl)c1. The molecule has 2 aromatic carbocycles. The van der Waals surface area contributed by atoms with Gasteiger partial charge in [0.15, 0.2) is 47.8 Å². The summed E-state index contributed by atoms with van der Waals surface area (Å²) < 4.78 is 63.6. The van der Waals surface area contributed by atoms with Crippen molar-refractivity contribution < 1.29 is 97.1 Å². The Labute approximate surface area is 420 Å². The molecule has 22 nitrogen and oxygen atoms in total. The van der Waals surface area contributed by atoms with E-state index >= 15 is 0 Å². The van der Waals surface area contributed by atoms with Crippen LogP contribution in [0.1, 0.15) is 31.8 Å². The van der Waals surface area contributed by atoms with E-state index in [4.69, 9.17) is 103 Å². The number of aliphatic hydroxyl groups is 6. The second-order valence-corrected chi connectivity index (χ2v) is 16.5. The zero-order chi connectivity index (χ0) is 51.4. The third-order valence-electron chi connectivity index (χ3n) is 10.4. The van der Waals surface area contributed by atoms with Crippen LogP contribution in [0.4, 0.5) is 0 Å². The Hall–Kier alpha value is -4.76. The number of pyridine rings is 2. The van der Waals surface area contributed by atoms with Gasteiger partial charge in [-0.2, -0.15) is 0 Å². The van der Waals surface area contributed by atoms with E-state index in [9.17, 15) is 40.2 Å². The summed E-state index contributed by atoms with van der Waals surface area (Å²) in [5, 5.41) is 60.6. The number of halogens is 4. The Kier molecular flexibility index (Phi) is 20.9. The van der Waals surface area contributed by atoms with Crippen LogP contribution < -0.4 is 28.4 Å². The summed E-state index contributed by atoms with van der Waals surface area (Å²) >= 11 is 24.9. The largest absolute Gasteiger partial charge is 0.493 e. The Morgan fingerprint density at radius 1 is 0.543 bits per heavy atom. The number of benzene rings is 2. The van der Waals surface area contributed by atoms with Crippen LogP contribution in [0.3, 0.4) is 0 Å². The maximum atomic E-state index is 12.8. The summed E-state index contributed by atoms with van der Waals surface area (Å²) in [6.07, 6.45) is -10.5. The highest BCUT2D eigenvalue weighted by molar-refractivity contribution is 6.33. The molecule has 70 heavy (non-hydrogen) atoms. The van der Waals surface area contributed by atoms with Crippen molar-refractivity contribution in [3.8, 4) is 34.8 Å². The minimum atomic E-state index is -1.57. The molecule has 2 aromatic heterocycles. The predicted molar refractivity (Wildman–Crippen MR) is 244 cm³/mol. The van der Waals surface area contributed by atoms with Crippen molar-refractivity contribution in [2.45, 2.75) is 74.6 Å². The average Bonchev–Trinajstić information content (AvgIpc) is 3.35. The van der Waals surface area contributed by atoms with E-state index in [1.165, 1.54) is 79.3 Å². The highest BCUT2D eigenvalue weighted by atomic mass is 35.5. The highest BCUT2D eigenvalue weighted by Gasteiger charge is 2.48. The van der Waals surface area contributed by atoms with Crippen LogP contribution in [0, 0.1) is 0 Å². The number of aliphatic hydroxyl groups excluding tert-OH is 6. The van der Waals surface area contributed by atoms with Gasteiger partial charge in [-0.25, -0.2) is 19.6 Å². The molecule has 4 aromatic rings. The molecule has 384 valence electrons. The van der Waals surface area contributed by atoms with E-state index in [-0.39, 0.29) is 69.1 Å². The molecule has 0 spiro atoms. The van der Waals surface area contributed by atoms with Gasteiger partial charge in [-0.15, -0.1) is 0 Å². The highest BCUT2D eigenvalue weighted by Crippen LogP contribution is 2.40. The molecule has 0 bridgehead atoms. The van der Waals surface area contributed by atoms with Gasteiger partial charge in [0.25, 0.3) is 0 Å². The predicted octanol–water partition coefficient (Wildman–Crippen LogP) is 3.19. The quantitative estimate of drug-likeness (QED) is 0.0780. The summed E-state index contributed by atoms with van der Waals surface area (Å²) in [6.45, 7) is -1.06. The number of hydrogen-bond acceptors (Lipinski definition) is 22. The number of methoxy groups -OCH3 is 6. The molecule has 0 aliphatic carbocycles. The number of rotatable bonds is 18. The van der Waals surface area contributed by atoms with E-state index in [1.54, 1.807) is 12.1 Å². The first kappa shape index (κ1) is 56.2. The fourth-order valence-electron chi connectivity index (χ4n) is 6.80. The van der Waals surface area contributed by atoms with Gasteiger partial charge in [-0.1, -0.05) is 46.4 Å². The van der Waals surface area contributed by atoms with E-state index in [1.807, 2.05) is 0 Å². The molecule has 2 saturated heterocycles. The normalized spacial score (nSPS) is 24.1. The van der Waals surface area contributed by atoms with Crippen LogP contribution in [0.15, 0.2) is 48.8 Å². The zero-order valence-electron chi connectivity index (χ0n) is 38.0. The van der Waals surface area contributed by atoms with E-state index in [0.717, 1.165) is 0 Å². The van der Waals surface area contributed by atoms with Gasteiger partial charge in [-0.05, 0) is 36.4 Å². The Bertz CT molecular complexity index is 2390. The minimum absolute atomic E-state index is 0.0193. The van der Waals surface area contributed by atoms with Crippen LogP contribution in [0.25, 0.3) is 0 Å². The second kappa shape index (κ2) is 26.1. The molecule has 2 aliphatic heterocycles. The van der Waals surface area contributed by atoms with Crippen molar-refractivity contribution in [2.24, 2.45) is 0 Å². The third-order valence-corrected chi connectivity index (χ3v) is 11.5. The van der Waals surface area contributed by atoms with E-state index in [2.05, 4.69) is 9.97 Å². The number of hydrogen-bond donors (Lipinski definition) is 6. The van der Waals surface area contributed by atoms with Gasteiger partial charge in [0.1, 0.15) is 59.9 Å². The first-order chi connectivity index (χ1) is 33.5. The van der Waals surface area contributed by atoms with Crippen LogP contribution in [-0.2, 0) is 41.6 Å². The van der Waals surface area contributed by atoms with Crippen LogP contribution in [0.5, 0.6) is 34.8 Å². The maximum Gasteiger partial charge on any atom is 0.338 e. The van der Waals surface area contributed by atoms with Gasteiger partial charge in [0, 0.05) is 37.7 Å². The van der Waals surface area contributed by atoms with Crippen molar-refractivity contribution in [3.63, 3.8) is 0 Å². The monoisotopic (exact) mass is 1070 g/mol. The first-order valence-corrected chi connectivity index (χ1v) is 22.1. The maximum absolute atomic E-state index is 12.8. The topological polar surface area (TPSA) is 292 Å². The molecule has 0 radical (unpaired) electrons. The Balaban J connectivity index is 0.000000261. The van der Waals surface area contributed by atoms with Gasteiger partial charge in [0.2, 0.25) is 11.8 Å². The first-order valence-electron chi connectivity index (χ1n) is 20.6. The lowest BCUT2D eigenvalue weighted by molar-refractivity contribution is -0.293. The molecular weight excluding hydrogens is 1020 g/mol.